The van der Waals surface area contributed by atoms with Crippen molar-refractivity contribution in [2.24, 2.45) is 0 Å². The van der Waals surface area contributed by atoms with Crippen LogP contribution in [0.15, 0.2) is 54.6 Å². The number of para-hydroxylation sites is 2. The molecule has 8 heteroatoms. The first kappa shape index (κ1) is 19.7. The predicted octanol–water partition coefficient (Wildman–Crippen LogP) is 4.38. The summed E-state index contributed by atoms with van der Waals surface area (Å²) in [6, 6.07) is 14.1. The second-order valence-corrected chi connectivity index (χ2v) is 5.72. The highest BCUT2D eigenvalue weighted by Crippen LogP contribution is 2.34. The Balaban J connectivity index is 1.76. The van der Waals surface area contributed by atoms with Crippen LogP contribution in [0.25, 0.3) is 0 Å². The first-order valence-corrected chi connectivity index (χ1v) is 8.22. The molecule has 0 saturated carbocycles. The van der Waals surface area contributed by atoms with E-state index < -0.39 is 17.6 Å². The SMILES string of the molecule is O=C(CCCOc1ccccc1)NC(=S)Nc1ccccc1C(F)(F)F. The predicted molar refractivity (Wildman–Crippen MR) is 97.0 cm³/mol. The van der Waals surface area contributed by atoms with Crippen molar-refractivity contribution in [2.75, 3.05) is 11.9 Å². The Morgan fingerprint density at radius 2 is 1.69 bits per heavy atom. The van der Waals surface area contributed by atoms with Gasteiger partial charge in [-0.15, -0.1) is 0 Å². The van der Waals surface area contributed by atoms with Gasteiger partial charge in [0.05, 0.1) is 17.9 Å². The van der Waals surface area contributed by atoms with Crippen molar-refractivity contribution in [3.8, 4) is 5.75 Å². The van der Waals surface area contributed by atoms with Crippen LogP contribution in [0.1, 0.15) is 18.4 Å². The van der Waals surface area contributed by atoms with Gasteiger partial charge < -0.3 is 15.4 Å². The zero-order chi connectivity index (χ0) is 19.0. The second kappa shape index (κ2) is 9.19. The van der Waals surface area contributed by atoms with Crippen LogP contribution in [0.4, 0.5) is 18.9 Å². The largest absolute Gasteiger partial charge is 0.494 e. The Bertz CT molecular complexity index is 752. The molecule has 0 unspecified atom stereocenters. The third kappa shape index (κ3) is 6.36. The van der Waals surface area contributed by atoms with Gasteiger partial charge in [-0.2, -0.15) is 13.2 Å². The fourth-order valence-electron chi connectivity index (χ4n) is 2.12. The van der Waals surface area contributed by atoms with Crippen LogP contribution in [0.5, 0.6) is 5.75 Å². The van der Waals surface area contributed by atoms with E-state index in [1.54, 1.807) is 12.1 Å². The molecule has 4 nitrogen and oxygen atoms in total. The Hall–Kier alpha value is -2.61. The van der Waals surface area contributed by atoms with Crippen molar-refractivity contribution in [3.05, 3.63) is 60.2 Å². The lowest BCUT2D eigenvalue weighted by Gasteiger charge is -2.15. The highest BCUT2D eigenvalue weighted by Gasteiger charge is 2.33. The number of thiocarbonyl (C=S) groups is 1. The Labute approximate surface area is 154 Å². The van der Waals surface area contributed by atoms with Crippen molar-refractivity contribution < 1.29 is 22.7 Å². The molecule has 0 saturated heterocycles. The van der Waals surface area contributed by atoms with Gasteiger partial charge >= 0.3 is 6.18 Å². The minimum atomic E-state index is -4.52. The van der Waals surface area contributed by atoms with Crippen molar-refractivity contribution >= 4 is 28.9 Å². The molecule has 2 rings (SSSR count). The van der Waals surface area contributed by atoms with Gasteiger partial charge in [0.25, 0.3) is 0 Å². The van der Waals surface area contributed by atoms with Gasteiger partial charge in [-0.05, 0) is 42.9 Å². The highest BCUT2D eigenvalue weighted by molar-refractivity contribution is 7.80. The van der Waals surface area contributed by atoms with Crippen LogP contribution < -0.4 is 15.4 Å². The molecule has 138 valence electrons. The third-order valence-electron chi connectivity index (χ3n) is 3.29. The van der Waals surface area contributed by atoms with Gasteiger partial charge in [0.15, 0.2) is 5.11 Å². The average molecular weight is 382 g/mol. The Morgan fingerprint density at radius 1 is 1.04 bits per heavy atom. The van der Waals surface area contributed by atoms with Crippen LogP contribution in [-0.2, 0) is 11.0 Å². The molecular formula is C18H17F3N2O2S. The Morgan fingerprint density at radius 3 is 2.38 bits per heavy atom. The molecule has 0 spiro atoms. The lowest BCUT2D eigenvalue weighted by molar-refractivity contribution is -0.136. The summed E-state index contributed by atoms with van der Waals surface area (Å²) in [5, 5.41) is 4.59. The van der Waals surface area contributed by atoms with E-state index in [4.69, 9.17) is 17.0 Å². The maximum atomic E-state index is 12.9. The summed E-state index contributed by atoms with van der Waals surface area (Å²) >= 11 is 4.91. The lowest BCUT2D eigenvalue weighted by Crippen LogP contribution is -2.34. The molecule has 0 heterocycles. The topological polar surface area (TPSA) is 50.4 Å². The molecular weight excluding hydrogens is 365 g/mol. The van der Waals surface area contributed by atoms with Crippen molar-refractivity contribution in [2.45, 2.75) is 19.0 Å². The number of halogens is 3. The van der Waals surface area contributed by atoms with E-state index in [1.165, 1.54) is 18.2 Å². The minimum absolute atomic E-state index is 0.134. The summed E-state index contributed by atoms with van der Waals surface area (Å²) in [5.41, 5.74) is -1.06. The average Bonchev–Trinajstić information content (AvgIpc) is 2.59. The fraction of sp³-hybridized carbons (Fsp3) is 0.222. The van der Waals surface area contributed by atoms with E-state index in [1.807, 2.05) is 18.2 Å². The number of carbonyl (C=O) groups is 1. The monoisotopic (exact) mass is 382 g/mol. The summed E-state index contributed by atoms with van der Waals surface area (Å²) in [4.78, 5) is 11.8. The third-order valence-corrected chi connectivity index (χ3v) is 3.50. The van der Waals surface area contributed by atoms with E-state index in [0.717, 1.165) is 6.07 Å². The molecule has 0 bridgehead atoms. The van der Waals surface area contributed by atoms with Gasteiger partial charge in [0, 0.05) is 6.42 Å². The number of carbonyl (C=O) groups excluding carboxylic acids is 1. The van der Waals surface area contributed by atoms with Crippen LogP contribution in [0.3, 0.4) is 0 Å². The molecule has 0 aromatic heterocycles. The molecule has 1 amide bonds. The summed E-state index contributed by atoms with van der Waals surface area (Å²) in [7, 11) is 0. The van der Waals surface area contributed by atoms with Gasteiger partial charge in [-0.3, -0.25) is 4.79 Å². The molecule has 2 aromatic carbocycles. The molecule has 2 N–H and O–H groups in total. The van der Waals surface area contributed by atoms with Crippen LogP contribution in [0.2, 0.25) is 0 Å². The molecule has 0 radical (unpaired) electrons. The standard InChI is InChI=1S/C18H17F3N2O2S/c19-18(20,21)14-9-4-5-10-15(14)22-17(26)23-16(24)11-6-12-25-13-7-2-1-3-8-13/h1-5,7-10H,6,11-12H2,(H2,22,23,24,26). The number of alkyl halides is 3. The van der Waals surface area contributed by atoms with Gasteiger partial charge in [0.1, 0.15) is 5.75 Å². The number of anilines is 1. The summed E-state index contributed by atoms with van der Waals surface area (Å²) < 4.78 is 44.2. The maximum absolute atomic E-state index is 12.9. The van der Waals surface area contributed by atoms with Gasteiger partial charge in [-0.25, -0.2) is 0 Å². The molecule has 0 atom stereocenters. The fourth-order valence-corrected chi connectivity index (χ4v) is 2.35. The van der Waals surface area contributed by atoms with Crippen molar-refractivity contribution in [1.82, 2.24) is 5.32 Å². The number of hydrogen-bond donors (Lipinski definition) is 2. The first-order chi connectivity index (χ1) is 12.4. The van der Waals surface area contributed by atoms with Gasteiger partial charge in [-0.1, -0.05) is 30.3 Å². The quantitative estimate of drug-likeness (QED) is 0.575. The highest BCUT2D eigenvalue weighted by atomic mass is 32.1. The molecule has 0 aliphatic rings. The van der Waals surface area contributed by atoms with E-state index in [2.05, 4.69) is 10.6 Å². The van der Waals surface area contributed by atoms with E-state index in [9.17, 15) is 18.0 Å². The molecule has 0 aliphatic heterocycles. The molecule has 26 heavy (non-hydrogen) atoms. The number of benzene rings is 2. The van der Waals surface area contributed by atoms with E-state index in [-0.39, 0.29) is 17.2 Å². The number of rotatable bonds is 6. The smallest absolute Gasteiger partial charge is 0.418 e. The van der Waals surface area contributed by atoms with Crippen molar-refractivity contribution in [3.63, 3.8) is 0 Å². The summed E-state index contributed by atoms with van der Waals surface area (Å²) in [5.74, 6) is 0.303. The molecule has 2 aromatic rings. The van der Waals surface area contributed by atoms with E-state index in [0.29, 0.717) is 18.8 Å². The summed E-state index contributed by atoms with van der Waals surface area (Å²) in [6.45, 7) is 0.342. The molecule has 0 aliphatic carbocycles. The second-order valence-electron chi connectivity index (χ2n) is 5.31. The zero-order valence-corrected chi connectivity index (χ0v) is 14.5. The van der Waals surface area contributed by atoms with Crippen LogP contribution in [-0.4, -0.2) is 17.6 Å². The maximum Gasteiger partial charge on any atom is 0.418 e. The number of ether oxygens (including phenoxy) is 1. The minimum Gasteiger partial charge on any atom is -0.494 e. The number of nitrogens with one attached hydrogen (secondary N) is 2. The normalized spacial score (nSPS) is 10.9. The Kier molecular flexibility index (Phi) is 6.97. The lowest BCUT2D eigenvalue weighted by atomic mass is 10.1. The van der Waals surface area contributed by atoms with Gasteiger partial charge in [0.2, 0.25) is 5.91 Å². The first-order valence-electron chi connectivity index (χ1n) is 7.81. The number of hydrogen-bond acceptors (Lipinski definition) is 3. The zero-order valence-electron chi connectivity index (χ0n) is 13.7. The molecule has 0 fully saturated rings. The van der Waals surface area contributed by atoms with Crippen LogP contribution >= 0.6 is 12.2 Å². The van der Waals surface area contributed by atoms with Crippen LogP contribution in [0, 0.1) is 0 Å². The van der Waals surface area contributed by atoms with Crippen molar-refractivity contribution in [1.29, 1.82) is 0 Å². The summed E-state index contributed by atoms with van der Waals surface area (Å²) in [6.07, 6.45) is -3.93. The number of amides is 1. The van der Waals surface area contributed by atoms with E-state index >= 15 is 0 Å².